The van der Waals surface area contributed by atoms with Crippen LogP contribution in [0.5, 0.6) is 0 Å². The molecule has 24 heavy (non-hydrogen) atoms. The second kappa shape index (κ2) is 5.94. The maximum atomic E-state index is 12.5. The molecular weight excluding hydrogens is 328 g/mol. The van der Waals surface area contributed by atoms with Crippen molar-refractivity contribution in [2.75, 3.05) is 10.8 Å². The van der Waals surface area contributed by atoms with E-state index in [-0.39, 0.29) is 6.42 Å². The van der Waals surface area contributed by atoms with Crippen LogP contribution in [0.15, 0.2) is 24.3 Å². The van der Waals surface area contributed by atoms with Crippen molar-refractivity contribution in [3.8, 4) is 0 Å². The third-order valence-electron chi connectivity index (χ3n) is 4.37. The smallest absolute Gasteiger partial charge is 0.274 e. The molecule has 2 aromatic rings. The van der Waals surface area contributed by atoms with Gasteiger partial charge in [0.2, 0.25) is 5.91 Å². The molecule has 1 amide bonds. The van der Waals surface area contributed by atoms with Gasteiger partial charge in [-0.25, -0.2) is 4.72 Å². The van der Waals surface area contributed by atoms with E-state index in [1.165, 1.54) is 4.31 Å². The topological polar surface area (TPSA) is 84.3 Å². The number of aromatic nitrogens is 2. The predicted molar refractivity (Wildman–Crippen MR) is 90.9 cm³/mol. The summed E-state index contributed by atoms with van der Waals surface area (Å²) in [6.45, 7) is 4.00. The lowest BCUT2D eigenvalue weighted by Gasteiger charge is -2.19. The first-order chi connectivity index (χ1) is 11.3. The fourth-order valence-corrected chi connectivity index (χ4v) is 4.27. The van der Waals surface area contributed by atoms with Gasteiger partial charge in [0.1, 0.15) is 0 Å². The van der Waals surface area contributed by atoms with Gasteiger partial charge in [-0.15, -0.1) is 0 Å². The second-order valence-corrected chi connectivity index (χ2v) is 7.53. The fraction of sp³-hybridized carbons (Fsp3) is 0.375. The number of carbonyl (C=O) groups is 1. The molecule has 3 rings (SSSR count). The van der Waals surface area contributed by atoms with E-state index in [0.29, 0.717) is 18.7 Å². The zero-order valence-electron chi connectivity index (χ0n) is 13.9. The number of benzene rings is 1. The predicted octanol–water partition coefficient (Wildman–Crippen LogP) is 1.00. The highest BCUT2D eigenvalue weighted by Crippen LogP contribution is 2.29. The standard InChI is InChI=1S/C16H20N4O3S/c1-11-14(12(2)19(3)17-11)10-16(21)18-24(22,23)20-9-8-13-6-4-5-7-15(13)20/h4-7H,8-10H2,1-3H3,(H,18,21). The first-order valence-electron chi connectivity index (χ1n) is 7.70. The Balaban J connectivity index is 1.77. The minimum Gasteiger partial charge on any atom is -0.274 e. The monoisotopic (exact) mass is 348 g/mol. The highest BCUT2D eigenvalue weighted by atomic mass is 32.2. The number of fused-ring (bicyclic) bond motifs is 1. The van der Waals surface area contributed by atoms with Crippen molar-refractivity contribution in [3.05, 3.63) is 46.8 Å². The molecule has 1 aliphatic rings. The maximum Gasteiger partial charge on any atom is 0.326 e. The molecule has 2 heterocycles. The van der Waals surface area contributed by atoms with E-state index in [1.54, 1.807) is 30.8 Å². The number of aryl methyl sites for hydroxylation is 2. The molecule has 1 N–H and O–H groups in total. The van der Waals surface area contributed by atoms with E-state index in [0.717, 1.165) is 22.5 Å². The number of rotatable bonds is 4. The molecule has 0 aliphatic carbocycles. The number of carbonyl (C=O) groups excluding carboxylic acids is 1. The average Bonchev–Trinajstić information content (AvgIpc) is 3.04. The van der Waals surface area contributed by atoms with Crippen LogP contribution in [0.4, 0.5) is 5.69 Å². The highest BCUT2D eigenvalue weighted by molar-refractivity contribution is 7.91. The summed E-state index contributed by atoms with van der Waals surface area (Å²) in [6, 6.07) is 7.31. The molecule has 7 nitrogen and oxygen atoms in total. The van der Waals surface area contributed by atoms with Gasteiger partial charge in [-0.05, 0) is 31.9 Å². The van der Waals surface area contributed by atoms with Crippen LogP contribution in [0.1, 0.15) is 22.5 Å². The molecule has 8 heteroatoms. The minimum absolute atomic E-state index is 0.0137. The van der Waals surface area contributed by atoms with Gasteiger partial charge in [0.25, 0.3) is 0 Å². The molecule has 0 saturated carbocycles. The van der Waals surface area contributed by atoms with Gasteiger partial charge in [0.05, 0.1) is 17.8 Å². The summed E-state index contributed by atoms with van der Waals surface area (Å²) in [5.74, 6) is -0.557. The van der Waals surface area contributed by atoms with Crippen molar-refractivity contribution >= 4 is 21.8 Å². The Morgan fingerprint density at radius 2 is 2.00 bits per heavy atom. The van der Waals surface area contributed by atoms with E-state index in [2.05, 4.69) is 9.82 Å². The number of hydrogen-bond donors (Lipinski definition) is 1. The second-order valence-electron chi connectivity index (χ2n) is 5.93. The molecule has 0 atom stereocenters. The zero-order valence-corrected chi connectivity index (χ0v) is 14.7. The molecule has 1 aliphatic heterocycles. The van der Waals surface area contributed by atoms with E-state index < -0.39 is 16.1 Å². The Hall–Kier alpha value is -2.35. The number of nitrogens with one attached hydrogen (secondary N) is 1. The Kier molecular flexibility index (Phi) is 4.08. The van der Waals surface area contributed by atoms with Gasteiger partial charge in [0, 0.05) is 24.8 Å². The van der Waals surface area contributed by atoms with Crippen LogP contribution in [0, 0.1) is 13.8 Å². The van der Waals surface area contributed by atoms with Crippen molar-refractivity contribution in [1.29, 1.82) is 0 Å². The molecule has 0 bridgehead atoms. The minimum atomic E-state index is -3.91. The van der Waals surface area contributed by atoms with Crippen LogP contribution >= 0.6 is 0 Å². The molecular formula is C16H20N4O3S. The summed E-state index contributed by atoms with van der Waals surface area (Å²) < 4.78 is 30.2. The fourth-order valence-electron chi connectivity index (χ4n) is 3.03. The van der Waals surface area contributed by atoms with E-state index in [4.69, 9.17) is 0 Å². The molecule has 0 spiro atoms. The summed E-state index contributed by atoms with van der Waals surface area (Å²) in [7, 11) is -2.11. The average molecular weight is 348 g/mol. The van der Waals surface area contributed by atoms with Gasteiger partial charge in [-0.2, -0.15) is 13.5 Å². The molecule has 1 aromatic heterocycles. The third kappa shape index (κ3) is 2.89. The SMILES string of the molecule is Cc1nn(C)c(C)c1CC(=O)NS(=O)(=O)N1CCc2ccccc21. The van der Waals surface area contributed by atoms with Gasteiger partial charge in [-0.3, -0.25) is 13.8 Å². The lowest BCUT2D eigenvalue weighted by atomic mass is 10.1. The van der Waals surface area contributed by atoms with Crippen LogP contribution < -0.4 is 9.03 Å². The van der Waals surface area contributed by atoms with Gasteiger partial charge < -0.3 is 0 Å². The molecule has 0 saturated heterocycles. The largest absolute Gasteiger partial charge is 0.326 e. The van der Waals surface area contributed by atoms with E-state index in [9.17, 15) is 13.2 Å². The van der Waals surface area contributed by atoms with Gasteiger partial charge in [0.15, 0.2) is 0 Å². The Morgan fingerprint density at radius 3 is 2.67 bits per heavy atom. The quantitative estimate of drug-likeness (QED) is 0.893. The van der Waals surface area contributed by atoms with Crippen LogP contribution in [0.2, 0.25) is 0 Å². The summed E-state index contributed by atoms with van der Waals surface area (Å²) in [6.07, 6.45) is 0.631. The third-order valence-corrected chi connectivity index (χ3v) is 5.82. The van der Waals surface area contributed by atoms with Gasteiger partial charge in [-0.1, -0.05) is 18.2 Å². The lowest BCUT2D eigenvalue weighted by molar-refractivity contribution is -0.118. The number of anilines is 1. The van der Waals surface area contributed by atoms with E-state index in [1.807, 2.05) is 19.1 Å². The first kappa shape index (κ1) is 16.5. The van der Waals surface area contributed by atoms with Crippen LogP contribution in [0.3, 0.4) is 0 Å². The Bertz CT molecular complexity index is 902. The summed E-state index contributed by atoms with van der Waals surface area (Å²) in [5, 5.41) is 4.24. The molecule has 128 valence electrons. The van der Waals surface area contributed by atoms with Crippen LogP contribution in [0.25, 0.3) is 0 Å². The van der Waals surface area contributed by atoms with Crippen molar-refractivity contribution in [2.24, 2.45) is 7.05 Å². The Labute approximate surface area is 141 Å². The lowest BCUT2D eigenvalue weighted by Crippen LogP contribution is -2.43. The summed E-state index contributed by atoms with van der Waals surface area (Å²) in [5.41, 5.74) is 3.94. The first-order valence-corrected chi connectivity index (χ1v) is 9.14. The van der Waals surface area contributed by atoms with Crippen molar-refractivity contribution in [1.82, 2.24) is 14.5 Å². The van der Waals surface area contributed by atoms with Crippen molar-refractivity contribution < 1.29 is 13.2 Å². The van der Waals surface area contributed by atoms with Crippen molar-refractivity contribution in [2.45, 2.75) is 26.7 Å². The number of amides is 1. The number of para-hydroxylation sites is 1. The van der Waals surface area contributed by atoms with E-state index >= 15 is 0 Å². The number of nitrogens with zero attached hydrogens (tertiary/aromatic N) is 3. The van der Waals surface area contributed by atoms with Gasteiger partial charge >= 0.3 is 10.2 Å². The summed E-state index contributed by atoms with van der Waals surface area (Å²) in [4.78, 5) is 12.3. The normalized spacial score (nSPS) is 13.9. The molecule has 0 radical (unpaired) electrons. The Morgan fingerprint density at radius 1 is 1.29 bits per heavy atom. The zero-order chi connectivity index (χ0) is 17.5. The summed E-state index contributed by atoms with van der Waals surface area (Å²) >= 11 is 0. The molecule has 0 fully saturated rings. The van der Waals surface area contributed by atoms with Crippen molar-refractivity contribution in [3.63, 3.8) is 0 Å². The molecule has 0 unspecified atom stereocenters. The molecule has 1 aromatic carbocycles. The van der Waals surface area contributed by atoms with Crippen LogP contribution in [-0.2, 0) is 34.9 Å². The number of hydrogen-bond acceptors (Lipinski definition) is 4. The highest BCUT2D eigenvalue weighted by Gasteiger charge is 2.30. The van der Waals surface area contributed by atoms with Crippen LogP contribution in [-0.4, -0.2) is 30.7 Å². The maximum absolute atomic E-state index is 12.5.